The summed E-state index contributed by atoms with van der Waals surface area (Å²) in [5.41, 5.74) is 4.85. The minimum atomic E-state index is -3.99. The molecule has 3 aromatic rings. The fourth-order valence-electron chi connectivity index (χ4n) is 4.24. The van der Waals surface area contributed by atoms with Crippen LogP contribution >= 0.6 is 0 Å². The molecule has 2 heterocycles. The summed E-state index contributed by atoms with van der Waals surface area (Å²) in [7, 11) is 0.639. The van der Waals surface area contributed by atoms with E-state index in [1.165, 1.54) is 23.6 Å². The van der Waals surface area contributed by atoms with Gasteiger partial charge in [-0.3, -0.25) is 14.7 Å². The van der Waals surface area contributed by atoms with Crippen LogP contribution in [0.15, 0.2) is 41.6 Å². The number of aryl methyl sites for hydroxylation is 1. The number of aromatic amines is 1. The van der Waals surface area contributed by atoms with E-state index in [4.69, 9.17) is 4.74 Å². The number of ketones is 1. The van der Waals surface area contributed by atoms with E-state index in [2.05, 4.69) is 21.2 Å². The maximum Gasteiger partial charge on any atom is 0.273 e. The largest absolute Gasteiger partial charge is 0.481 e. The molecule has 9 nitrogen and oxygen atoms in total. The number of fused-ring (bicyclic) bond motifs is 1. The van der Waals surface area contributed by atoms with Crippen LogP contribution in [0.5, 0.6) is 5.88 Å². The van der Waals surface area contributed by atoms with Crippen LogP contribution < -0.4 is 4.74 Å². The Morgan fingerprint density at radius 1 is 1.15 bits per heavy atom. The number of ether oxygens (including phenoxy) is 1. The number of amides is 1. The summed E-state index contributed by atoms with van der Waals surface area (Å²) < 4.78 is 31.0. The van der Waals surface area contributed by atoms with Gasteiger partial charge in [-0.05, 0) is 53.1 Å². The van der Waals surface area contributed by atoms with E-state index in [9.17, 15) is 18.0 Å². The second-order valence-corrected chi connectivity index (χ2v) is 10.4. The van der Waals surface area contributed by atoms with Crippen LogP contribution in [0.25, 0.3) is 11.1 Å². The van der Waals surface area contributed by atoms with Crippen molar-refractivity contribution < 1.29 is 22.7 Å². The molecule has 1 amide bonds. The number of hydrogen-bond donors (Lipinski definition) is 1. The first-order valence-corrected chi connectivity index (χ1v) is 12.5. The van der Waals surface area contributed by atoms with Gasteiger partial charge in [-0.15, -0.1) is 0 Å². The minimum absolute atomic E-state index is 0.0139. The van der Waals surface area contributed by atoms with Gasteiger partial charge in [0.2, 0.25) is 15.7 Å². The number of methoxy groups -OCH3 is 1. The van der Waals surface area contributed by atoms with Crippen LogP contribution in [0, 0.1) is 0 Å². The second kappa shape index (κ2) is 9.38. The number of aromatic nitrogens is 3. The first-order chi connectivity index (χ1) is 16.2. The van der Waals surface area contributed by atoms with Crippen LogP contribution in [0.3, 0.4) is 0 Å². The first-order valence-electron chi connectivity index (χ1n) is 10.8. The van der Waals surface area contributed by atoms with Gasteiger partial charge in [-0.2, -0.15) is 5.10 Å². The van der Waals surface area contributed by atoms with Crippen molar-refractivity contribution in [3.63, 3.8) is 0 Å². The maximum atomic E-state index is 13.0. The minimum Gasteiger partial charge on any atom is -0.481 e. The lowest BCUT2D eigenvalue weighted by Crippen LogP contribution is -2.22. The summed E-state index contributed by atoms with van der Waals surface area (Å²) in [6.45, 7) is 0. The molecule has 2 aromatic heterocycles. The fourth-order valence-corrected chi connectivity index (χ4v) is 5.40. The molecule has 1 aliphatic carbocycles. The average molecular weight is 483 g/mol. The highest BCUT2D eigenvalue weighted by molar-refractivity contribution is 7.92. The number of pyridine rings is 1. The third-order valence-electron chi connectivity index (χ3n) is 5.90. The molecule has 0 unspecified atom stereocenters. The van der Waals surface area contributed by atoms with Crippen LogP contribution in [0.2, 0.25) is 0 Å². The van der Waals surface area contributed by atoms with Gasteiger partial charge in [0.1, 0.15) is 5.75 Å². The van der Waals surface area contributed by atoms with Crippen molar-refractivity contribution in [3.05, 3.63) is 58.9 Å². The molecule has 0 aliphatic heterocycles. The zero-order valence-electron chi connectivity index (χ0n) is 19.3. The lowest BCUT2D eigenvalue weighted by molar-refractivity contribution is -0.116. The van der Waals surface area contributed by atoms with Gasteiger partial charge in [-0.1, -0.05) is 12.1 Å². The number of hydrogen-bond acceptors (Lipinski definition) is 7. The van der Waals surface area contributed by atoms with E-state index < -0.39 is 27.3 Å². The van der Waals surface area contributed by atoms with Crippen molar-refractivity contribution in [2.75, 3.05) is 27.0 Å². The predicted octanol–water partition coefficient (Wildman–Crippen LogP) is 2.26. The monoisotopic (exact) mass is 482 g/mol. The van der Waals surface area contributed by atoms with Gasteiger partial charge in [0.05, 0.1) is 7.11 Å². The molecule has 1 N–H and O–H groups in total. The van der Waals surface area contributed by atoms with Gasteiger partial charge >= 0.3 is 0 Å². The molecule has 0 radical (unpaired) electrons. The molecule has 0 saturated heterocycles. The Bertz CT molecular complexity index is 1360. The Hall–Kier alpha value is -3.53. The number of H-pyrrole nitrogens is 1. The van der Waals surface area contributed by atoms with E-state index in [1.54, 1.807) is 26.4 Å². The molecule has 10 heteroatoms. The third-order valence-corrected chi connectivity index (χ3v) is 7.48. The third kappa shape index (κ3) is 4.72. The number of nitrogens with one attached hydrogen (secondary N) is 1. The van der Waals surface area contributed by atoms with E-state index in [1.807, 2.05) is 12.1 Å². The SMILES string of the molecule is COc1cc(-c2ccc3c(c2CC(=O)CS(=O)(=O)c2cc(C(=O)N(C)C)n[nH]2)CCC3)ccn1. The molecular formula is C24H26N4O5S. The van der Waals surface area contributed by atoms with Gasteiger partial charge in [0.25, 0.3) is 5.91 Å². The Morgan fingerprint density at radius 3 is 2.68 bits per heavy atom. The zero-order valence-corrected chi connectivity index (χ0v) is 20.1. The van der Waals surface area contributed by atoms with Crippen LogP contribution in [0.1, 0.15) is 33.6 Å². The molecule has 178 valence electrons. The molecule has 0 atom stereocenters. The molecule has 0 saturated carbocycles. The van der Waals surface area contributed by atoms with Gasteiger partial charge < -0.3 is 9.64 Å². The number of benzene rings is 1. The molecular weight excluding hydrogens is 456 g/mol. The summed E-state index contributed by atoms with van der Waals surface area (Å²) in [4.78, 5) is 30.5. The number of nitrogens with zero attached hydrogens (tertiary/aromatic N) is 3. The number of rotatable bonds is 8. The number of sulfone groups is 1. The van der Waals surface area contributed by atoms with Crippen molar-refractivity contribution in [1.82, 2.24) is 20.1 Å². The van der Waals surface area contributed by atoms with Gasteiger partial charge in [-0.25, -0.2) is 13.4 Å². The predicted molar refractivity (Wildman–Crippen MR) is 126 cm³/mol. The van der Waals surface area contributed by atoms with E-state index in [0.29, 0.717) is 5.88 Å². The summed E-state index contributed by atoms with van der Waals surface area (Å²) in [6.07, 6.45) is 4.40. The molecule has 0 fully saturated rings. The zero-order chi connectivity index (χ0) is 24.5. The molecule has 0 spiro atoms. The second-order valence-electron chi connectivity index (χ2n) is 8.46. The summed E-state index contributed by atoms with van der Waals surface area (Å²) in [5, 5.41) is 5.93. The Kier molecular flexibility index (Phi) is 6.52. The molecule has 1 aliphatic rings. The van der Waals surface area contributed by atoms with Crippen molar-refractivity contribution >= 4 is 21.5 Å². The highest BCUT2D eigenvalue weighted by Crippen LogP contribution is 2.34. The summed E-state index contributed by atoms with van der Waals surface area (Å²) >= 11 is 0. The lowest BCUT2D eigenvalue weighted by atomic mass is 9.90. The highest BCUT2D eigenvalue weighted by atomic mass is 32.2. The number of carbonyl (C=O) groups excluding carboxylic acids is 2. The quantitative estimate of drug-likeness (QED) is 0.522. The molecule has 0 bridgehead atoms. The summed E-state index contributed by atoms with van der Waals surface area (Å²) in [5.74, 6) is -1.09. The van der Waals surface area contributed by atoms with Crippen molar-refractivity contribution in [3.8, 4) is 17.0 Å². The smallest absolute Gasteiger partial charge is 0.273 e. The topological polar surface area (TPSA) is 122 Å². The van der Waals surface area contributed by atoms with Crippen molar-refractivity contribution in [1.29, 1.82) is 0 Å². The first kappa shape index (κ1) is 23.6. The summed E-state index contributed by atoms with van der Waals surface area (Å²) in [6, 6.07) is 8.86. The standard InChI is InChI=1S/C24H26N4O5S/c1-28(2)24(30)21-13-23(27-26-21)34(31,32)14-17(29)12-20-18-6-4-5-15(18)7-8-19(20)16-9-10-25-22(11-16)33-3/h7-11,13H,4-6,12,14H2,1-3H3,(H,26,27). The number of carbonyl (C=O) groups is 2. The van der Waals surface area contributed by atoms with Gasteiger partial charge in [0.15, 0.2) is 16.5 Å². The van der Waals surface area contributed by atoms with Crippen molar-refractivity contribution in [2.24, 2.45) is 0 Å². The molecule has 4 rings (SSSR count). The molecule has 34 heavy (non-hydrogen) atoms. The highest BCUT2D eigenvalue weighted by Gasteiger charge is 2.26. The Labute approximate surface area is 198 Å². The fraction of sp³-hybridized carbons (Fsp3) is 0.333. The Morgan fingerprint density at radius 2 is 1.94 bits per heavy atom. The van der Waals surface area contributed by atoms with Gasteiger partial charge in [0, 0.05) is 38.8 Å². The van der Waals surface area contributed by atoms with Crippen LogP contribution in [-0.2, 0) is 33.9 Å². The van der Waals surface area contributed by atoms with E-state index >= 15 is 0 Å². The molecule has 1 aromatic carbocycles. The van der Waals surface area contributed by atoms with E-state index in [0.717, 1.165) is 41.5 Å². The lowest BCUT2D eigenvalue weighted by Gasteiger charge is -2.15. The Balaban J connectivity index is 1.62. The normalized spacial score (nSPS) is 12.9. The van der Waals surface area contributed by atoms with Crippen LogP contribution in [-0.4, -0.2) is 67.1 Å². The van der Waals surface area contributed by atoms with Crippen LogP contribution in [0.4, 0.5) is 0 Å². The number of Topliss-reactive ketones (excluding diaryl/α,β-unsaturated/α-hetero) is 1. The van der Waals surface area contributed by atoms with E-state index in [-0.39, 0.29) is 17.1 Å². The average Bonchev–Trinajstić information content (AvgIpc) is 3.49. The maximum absolute atomic E-state index is 13.0. The van der Waals surface area contributed by atoms with Crippen molar-refractivity contribution in [2.45, 2.75) is 30.7 Å².